The van der Waals surface area contributed by atoms with Gasteiger partial charge < -0.3 is 8.85 Å². The molecule has 0 amide bonds. The minimum Gasteiger partial charge on any atom is -0.512 e. The van der Waals surface area contributed by atoms with Crippen molar-refractivity contribution in [3.63, 3.8) is 0 Å². The molecule has 0 bridgehead atoms. The summed E-state index contributed by atoms with van der Waals surface area (Å²) in [4.78, 5) is 0. The molecule has 0 atom stereocenters. The first-order valence-corrected chi connectivity index (χ1v) is 17.2. The first-order valence-electron chi connectivity index (χ1n) is 14.7. The van der Waals surface area contributed by atoms with Crippen molar-refractivity contribution < 1.29 is 8.85 Å². The molecule has 0 aliphatic rings. The lowest BCUT2D eigenvalue weighted by molar-refractivity contribution is 0.384. The summed E-state index contributed by atoms with van der Waals surface area (Å²) in [6, 6.07) is 21.3. The Labute approximate surface area is 218 Å². The second-order valence-electron chi connectivity index (χ2n) is 10.4. The maximum atomic E-state index is 6.45. The van der Waals surface area contributed by atoms with Crippen LogP contribution in [-0.2, 0) is 0 Å². The van der Waals surface area contributed by atoms with Crippen LogP contribution in [0.1, 0.15) is 116 Å². The molecule has 0 aromatic heterocycles. The van der Waals surface area contributed by atoms with E-state index in [1.54, 1.807) is 0 Å². The molecule has 0 spiro atoms. The van der Waals surface area contributed by atoms with Gasteiger partial charge in [0.15, 0.2) is 0 Å². The highest BCUT2D eigenvalue weighted by Gasteiger charge is 2.35. The number of unbranched alkanes of at least 4 members (excludes halogenated alkanes) is 16. The van der Waals surface area contributed by atoms with E-state index >= 15 is 0 Å². The standard InChI is InChI=1S/C32H52O2Si/c1-3-4-5-6-7-8-9-10-11-12-13-14-15-16-17-18-25-30-35(2,33-31-26-21-19-22-27-31)34-32-28-23-20-24-29-32/h19-24,26-29H,3-18,25,30H2,1-2H3. The van der Waals surface area contributed by atoms with Gasteiger partial charge in [0.05, 0.1) is 0 Å². The third kappa shape index (κ3) is 15.1. The van der Waals surface area contributed by atoms with E-state index in [2.05, 4.69) is 13.5 Å². The van der Waals surface area contributed by atoms with E-state index in [-0.39, 0.29) is 0 Å². The molecule has 0 heterocycles. The van der Waals surface area contributed by atoms with E-state index in [4.69, 9.17) is 8.85 Å². The van der Waals surface area contributed by atoms with E-state index in [0.717, 1.165) is 17.5 Å². The fourth-order valence-electron chi connectivity index (χ4n) is 4.77. The third-order valence-electron chi connectivity index (χ3n) is 6.89. The molecular formula is C32H52O2Si. The van der Waals surface area contributed by atoms with Gasteiger partial charge in [-0.1, -0.05) is 146 Å². The highest BCUT2D eigenvalue weighted by atomic mass is 28.4. The predicted molar refractivity (Wildman–Crippen MR) is 155 cm³/mol. The second kappa shape index (κ2) is 19.4. The first kappa shape index (κ1) is 29.5. The zero-order valence-electron chi connectivity index (χ0n) is 22.8. The Kier molecular flexibility index (Phi) is 16.4. The van der Waals surface area contributed by atoms with Crippen molar-refractivity contribution >= 4 is 8.56 Å². The quantitative estimate of drug-likeness (QED) is 0.119. The first-order chi connectivity index (χ1) is 17.2. The SMILES string of the molecule is CCCCCCCCCCCCCCCCCCC[Si](C)(Oc1ccccc1)Oc1ccccc1. The summed E-state index contributed by atoms with van der Waals surface area (Å²) in [7, 11) is -2.34. The molecular weight excluding hydrogens is 444 g/mol. The van der Waals surface area contributed by atoms with Crippen LogP contribution in [0.2, 0.25) is 12.6 Å². The number of benzene rings is 2. The van der Waals surface area contributed by atoms with Gasteiger partial charge in [0.2, 0.25) is 0 Å². The van der Waals surface area contributed by atoms with Crippen LogP contribution in [0.4, 0.5) is 0 Å². The van der Waals surface area contributed by atoms with E-state index < -0.39 is 8.56 Å². The molecule has 35 heavy (non-hydrogen) atoms. The number of hydrogen-bond acceptors (Lipinski definition) is 2. The summed E-state index contributed by atoms with van der Waals surface area (Å²) in [6.07, 6.45) is 23.8. The van der Waals surface area contributed by atoms with Crippen molar-refractivity contribution in [2.75, 3.05) is 0 Å². The minimum absolute atomic E-state index is 0.921. The van der Waals surface area contributed by atoms with Gasteiger partial charge in [-0.15, -0.1) is 0 Å². The molecule has 0 unspecified atom stereocenters. The van der Waals surface area contributed by atoms with Crippen molar-refractivity contribution in [3.05, 3.63) is 60.7 Å². The van der Waals surface area contributed by atoms with Gasteiger partial charge in [0.25, 0.3) is 0 Å². The van der Waals surface area contributed by atoms with Crippen LogP contribution < -0.4 is 8.85 Å². The Morgan fingerprint density at radius 1 is 0.457 bits per heavy atom. The number of rotatable bonds is 22. The van der Waals surface area contributed by atoms with Gasteiger partial charge in [-0.2, -0.15) is 0 Å². The molecule has 3 heteroatoms. The zero-order valence-corrected chi connectivity index (χ0v) is 23.8. The Morgan fingerprint density at radius 3 is 1.11 bits per heavy atom. The lowest BCUT2D eigenvalue weighted by Crippen LogP contribution is -2.45. The van der Waals surface area contributed by atoms with E-state index in [1.807, 2.05) is 60.7 Å². The fourth-order valence-corrected chi connectivity index (χ4v) is 7.18. The Morgan fingerprint density at radius 2 is 0.771 bits per heavy atom. The normalized spacial score (nSPS) is 11.5. The van der Waals surface area contributed by atoms with E-state index in [1.165, 1.54) is 109 Å². The van der Waals surface area contributed by atoms with Crippen LogP contribution in [-0.4, -0.2) is 8.56 Å². The Balaban J connectivity index is 1.50. The van der Waals surface area contributed by atoms with Crippen LogP contribution in [0.15, 0.2) is 60.7 Å². The van der Waals surface area contributed by atoms with Gasteiger partial charge in [-0.3, -0.25) is 0 Å². The van der Waals surface area contributed by atoms with Crippen LogP contribution in [0.25, 0.3) is 0 Å². The Bertz CT molecular complexity index is 677. The summed E-state index contributed by atoms with van der Waals surface area (Å²) in [5.41, 5.74) is 0. The van der Waals surface area contributed by atoms with Crippen LogP contribution in [0, 0.1) is 0 Å². The molecule has 0 radical (unpaired) electrons. The molecule has 0 saturated heterocycles. The summed E-state index contributed by atoms with van der Waals surface area (Å²) in [5.74, 6) is 1.84. The van der Waals surface area contributed by atoms with Gasteiger partial charge in [-0.25, -0.2) is 0 Å². The molecule has 0 aliphatic heterocycles. The molecule has 196 valence electrons. The number of hydrogen-bond donors (Lipinski definition) is 0. The molecule has 0 aliphatic carbocycles. The Hall–Kier alpha value is -1.74. The summed E-state index contributed by atoms with van der Waals surface area (Å²) < 4.78 is 12.9. The molecule has 2 rings (SSSR count). The molecule has 2 aromatic carbocycles. The summed E-state index contributed by atoms with van der Waals surface area (Å²) >= 11 is 0. The third-order valence-corrected chi connectivity index (χ3v) is 9.49. The zero-order chi connectivity index (χ0) is 24.9. The van der Waals surface area contributed by atoms with Crippen molar-refractivity contribution in [1.29, 1.82) is 0 Å². The van der Waals surface area contributed by atoms with E-state index in [9.17, 15) is 0 Å². The summed E-state index contributed by atoms with van der Waals surface area (Å²) in [6.45, 7) is 4.50. The molecule has 0 saturated carbocycles. The highest BCUT2D eigenvalue weighted by molar-refractivity contribution is 6.67. The van der Waals surface area contributed by atoms with Crippen molar-refractivity contribution in [2.24, 2.45) is 0 Å². The van der Waals surface area contributed by atoms with Gasteiger partial charge in [-0.05, 0) is 30.7 Å². The largest absolute Gasteiger partial charge is 0.512 e. The molecule has 2 nitrogen and oxygen atoms in total. The number of para-hydroxylation sites is 2. The van der Waals surface area contributed by atoms with Crippen LogP contribution in [0.3, 0.4) is 0 Å². The molecule has 0 N–H and O–H groups in total. The monoisotopic (exact) mass is 496 g/mol. The maximum absolute atomic E-state index is 6.45. The fraction of sp³-hybridized carbons (Fsp3) is 0.625. The highest BCUT2D eigenvalue weighted by Crippen LogP contribution is 2.25. The predicted octanol–water partition coefficient (Wildman–Crippen LogP) is 10.9. The van der Waals surface area contributed by atoms with Crippen molar-refractivity contribution in [3.8, 4) is 11.5 Å². The lowest BCUT2D eigenvalue weighted by atomic mass is 10.0. The van der Waals surface area contributed by atoms with E-state index in [0.29, 0.717) is 0 Å². The molecule has 0 fully saturated rings. The summed E-state index contributed by atoms with van der Waals surface area (Å²) in [5, 5.41) is 0. The van der Waals surface area contributed by atoms with Gasteiger partial charge in [0, 0.05) is 12.6 Å². The second-order valence-corrected chi connectivity index (χ2v) is 13.5. The van der Waals surface area contributed by atoms with Crippen LogP contribution >= 0.6 is 0 Å². The average molecular weight is 497 g/mol. The lowest BCUT2D eigenvalue weighted by Gasteiger charge is -2.28. The van der Waals surface area contributed by atoms with Gasteiger partial charge >= 0.3 is 8.56 Å². The minimum atomic E-state index is -2.34. The van der Waals surface area contributed by atoms with Crippen molar-refractivity contribution in [1.82, 2.24) is 0 Å². The maximum Gasteiger partial charge on any atom is 0.457 e. The molecule has 2 aromatic rings. The van der Waals surface area contributed by atoms with Gasteiger partial charge in [0.1, 0.15) is 11.5 Å². The van der Waals surface area contributed by atoms with Crippen LogP contribution in [0.5, 0.6) is 11.5 Å². The topological polar surface area (TPSA) is 18.5 Å². The average Bonchev–Trinajstić information content (AvgIpc) is 2.87. The van der Waals surface area contributed by atoms with Crippen molar-refractivity contribution in [2.45, 2.75) is 129 Å². The smallest absolute Gasteiger partial charge is 0.457 e.